The maximum atomic E-state index is 2.47. The number of hydrogen-bond donors (Lipinski definition) is 0. The Labute approximate surface area is 322 Å². The van der Waals surface area contributed by atoms with Gasteiger partial charge >= 0.3 is 0 Å². The second-order valence-electron chi connectivity index (χ2n) is 15.6. The second kappa shape index (κ2) is 12.1. The average molecular weight is 699 g/mol. The van der Waals surface area contributed by atoms with Crippen LogP contribution in [-0.4, -0.2) is 0 Å². The maximum absolute atomic E-state index is 2.47. The summed E-state index contributed by atoms with van der Waals surface area (Å²) in [5, 5.41) is 10.2. The molecule has 0 radical (unpaired) electrons. The van der Waals surface area contributed by atoms with Crippen LogP contribution in [0.3, 0.4) is 0 Å². The van der Waals surface area contributed by atoms with Gasteiger partial charge in [-0.25, -0.2) is 0 Å². The van der Waals surface area contributed by atoms with Gasteiger partial charge in [0.25, 0.3) is 0 Å². The molecule has 10 aromatic carbocycles. The van der Waals surface area contributed by atoms with Crippen LogP contribution in [0.2, 0.25) is 0 Å². The lowest BCUT2D eigenvalue weighted by Gasteiger charge is -2.23. The molecular formula is C55H38. The maximum Gasteiger partial charge on any atom is 0.0159 e. The molecule has 0 atom stereocenters. The lowest BCUT2D eigenvalue weighted by atomic mass is 9.80. The Morgan fingerprint density at radius 3 is 1.42 bits per heavy atom. The summed E-state index contributed by atoms with van der Waals surface area (Å²) in [5.41, 5.74) is 15.5. The van der Waals surface area contributed by atoms with Gasteiger partial charge in [-0.2, -0.15) is 0 Å². The molecule has 0 aliphatic heterocycles. The third-order valence-corrected chi connectivity index (χ3v) is 12.3. The molecule has 258 valence electrons. The van der Waals surface area contributed by atoms with Crippen molar-refractivity contribution < 1.29 is 0 Å². The zero-order valence-corrected chi connectivity index (χ0v) is 31.0. The molecule has 0 fully saturated rings. The van der Waals surface area contributed by atoms with Gasteiger partial charge in [0.05, 0.1) is 0 Å². The molecule has 0 bridgehead atoms. The molecule has 0 spiro atoms. The predicted octanol–water partition coefficient (Wildman–Crippen LogP) is 15.3. The van der Waals surface area contributed by atoms with Crippen molar-refractivity contribution in [3.63, 3.8) is 0 Å². The summed E-state index contributed by atoms with van der Waals surface area (Å²) in [6.07, 6.45) is 0. The highest BCUT2D eigenvalue weighted by Gasteiger charge is 2.37. The van der Waals surface area contributed by atoms with Crippen LogP contribution in [0.1, 0.15) is 25.0 Å². The number of hydrogen-bond acceptors (Lipinski definition) is 0. The molecule has 0 amide bonds. The van der Waals surface area contributed by atoms with E-state index >= 15 is 0 Å². The first-order chi connectivity index (χ1) is 27.1. The van der Waals surface area contributed by atoms with Gasteiger partial charge in [0, 0.05) is 5.41 Å². The van der Waals surface area contributed by atoms with Gasteiger partial charge < -0.3 is 0 Å². The zero-order valence-electron chi connectivity index (χ0n) is 31.0. The predicted molar refractivity (Wildman–Crippen MR) is 236 cm³/mol. The van der Waals surface area contributed by atoms with Crippen molar-refractivity contribution in [3.8, 4) is 55.6 Å². The minimum Gasteiger partial charge on any atom is -0.0619 e. The molecule has 11 rings (SSSR count). The molecule has 55 heavy (non-hydrogen) atoms. The fourth-order valence-corrected chi connectivity index (χ4v) is 9.64. The summed E-state index contributed by atoms with van der Waals surface area (Å²) in [6.45, 7) is 4.75. The fourth-order valence-electron chi connectivity index (χ4n) is 9.64. The van der Waals surface area contributed by atoms with Crippen LogP contribution in [-0.2, 0) is 5.41 Å². The Hall–Kier alpha value is -6.76. The largest absolute Gasteiger partial charge is 0.0619 e. The smallest absolute Gasteiger partial charge is 0.0159 e. The van der Waals surface area contributed by atoms with Crippen molar-refractivity contribution in [2.75, 3.05) is 0 Å². The van der Waals surface area contributed by atoms with Gasteiger partial charge in [-0.15, -0.1) is 0 Å². The van der Waals surface area contributed by atoms with Gasteiger partial charge in [0.2, 0.25) is 0 Å². The van der Waals surface area contributed by atoms with E-state index in [0.717, 1.165) is 0 Å². The molecular weight excluding hydrogens is 661 g/mol. The van der Waals surface area contributed by atoms with Crippen molar-refractivity contribution in [2.24, 2.45) is 0 Å². The summed E-state index contributed by atoms with van der Waals surface area (Å²) in [5.74, 6) is 0. The molecule has 0 saturated heterocycles. The minimum atomic E-state index is -0.0723. The first-order valence-electron chi connectivity index (χ1n) is 19.4. The highest BCUT2D eigenvalue weighted by molar-refractivity contribution is 6.22. The SMILES string of the molecule is CC1(C)c2ccccc2-c2c1cc(-c1ccc(-c3c4ccccc4c(-c4ccccc4-c4ccc5ccccc5c4)c4ccccc34)cc1)c1ccccc21. The lowest BCUT2D eigenvalue weighted by Crippen LogP contribution is -2.15. The van der Waals surface area contributed by atoms with E-state index in [0.29, 0.717) is 0 Å². The average Bonchev–Trinajstić information content (AvgIpc) is 3.48. The second-order valence-corrected chi connectivity index (χ2v) is 15.6. The number of benzene rings is 10. The lowest BCUT2D eigenvalue weighted by molar-refractivity contribution is 0.661. The van der Waals surface area contributed by atoms with Crippen molar-refractivity contribution in [2.45, 2.75) is 19.3 Å². The molecule has 0 aromatic heterocycles. The zero-order chi connectivity index (χ0) is 36.7. The molecule has 1 aliphatic rings. The van der Waals surface area contributed by atoms with Gasteiger partial charge in [0.15, 0.2) is 0 Å². The van der Waals surface area contributed by atoms with Gasteiger partial charge in [0.1, 0.15) is 0 Å². The Kier molecular flexibility index (Phi) is 7.00. The van der Waals surface area contributed by atoms with Crippen LogP contribution in [0, 0.1) is 0 Å². The third-order valence-electron chi connectivity index (χ3n) is 12.3. The van der Waals surface area contributed by atoms with Gasteiger partial charge in [-0.05, 0) is 122 Å². The van der Waals surface area contributed by atoms with E-state index in [2.05, 4.69) is 208 Å². The molecule has 10 aromatic rings. The third kappa shape index (κ3) is 4.78. The van der Waals surface area contributed by atoms with E-state index in [9.17, 15) is 0 Å². The molecule has 0 heteroatoms. The first kappa shape index (κ1) is 31.7. The van der Waals surface area contributed by atoms with E-state index in [1.165, 1.54) is 110 Å². The van der Waals surface area contributed by atoms with Crippen LogP contribution >= 0.6 is 0 Å². The molecule has 1 aliphatic carbocycles. The van der Waals surface area contributed by atoms with Crippen molar-refractivity contribution in [3.05, 3.63) is 205 Å². The van der Waals surface area contributed by atoms with Crippen LogP contribution in [0.15, 0.2) is 194 Å². The molecule has 0 N–H and O–H groups in total. The molecule has 0 saturated carbocycles. The summed E-state index contributed by atoms with van der Waals surface area (Å²) < 4.78 is 0. The van der Waals surface area contributed by atoms with Crippen LogP contribution in [0.4, 0.5) is 0 Å². The summed E-state index contributed by atoms with van der Waals surface area (Å²) in [7, 11) is 0. The van der Waals surface area contributed by atoms with E-state index in [1.807, 2.05) is 0 Å². The first-order valence-corrected chi connectivity index (χ1v) is 19.4. The van der Waals surface area contributed by atoms with E-state index in [1.54, 1.807) is 0 Å². The number of fused-ring (bicyclic) bond motifs is 8. The number of rotatable bonds is 4. The fraction of sp³-hybridized carbons (Fsp3) is 0.0545. The topological polar surface area (TPSA) is 0 Å². The Morgan fingerprint density at radius 1 is 0.273 bits per heavy atom. The standard InChI is InChI=1S/C55H38/c1-55(2)50-26-14-13-25-48(50)54-43-20-8-6-18-41(43)49(34-51(54)55)36-28-30-37(31-29-36)52-44-21-9-11-23-46(44)53(47-24-12-10-22-45(47)52)42-19-7-5-17-40(42)39-32-27-35-15-3-4-16-38(35)33-39/h3-34H,1-2H3. The van der Waals surface area contributed by atoms with Crippen molar-refractivity contribution in [1.29, 1.82) is 0 Å². The molecule has 0 heterocycles. The highest BCUT2D eigenvalue weighted by Crippen LogP contribution is 2.53. The monoisotopic (exact) mass is 698 g/mol. The minimum absolute atomic E-state index is 0.0723. The van der Waals surface area contributed by atoms with Crippen LogP contribution in [0.5, 0.6) is 0 Å². The summed E-state index contributed by atoms with van der Waals surface area (Å²) >= 11 is 0. The normalized spacial score (nSPS) is 13.1. The Balaban J connectivity index is 1.09. The molecule has 0 nitrogen and oxygen atoms in total. The Bertz CT molecular complexity index is 3100. The van der Waals surface area contributed by atoms with Gasteiger partial charge in [-0.3, -0.25) is 0 Å². The van der Waals surface area contributed by atoms with Crippen molar-refractivity contribution >= 4 is 43.1 Å². The summed E-state index contributed by atoms with van der Waals surface area (Å²) in [4.78, 5) is 0. The van der Waals surface area contributed by atoms with Crippen LogP contribution < -0.4 is 0 Å². The van der Waals surface area contributed by atoms with E-state index < -0.39 is 0 Å². The van der Waals surface area contributed by atoms with E-state index in [-0.39, 0.29) is 5.41 Å². The van der Waals surface area contributed by atoms with Crippen molar-refractivity contribution in [1.82, 2.24) is 0 Å². The highest BCUT2D eigenvalue weighted by atomic mass is 14.4. The summed E-state index contributed by atoms with van der Waals surface area (Å²) in [6, 6.07) is 72.1. The van der Waals surface area contributed by atoms with Crippen LogP contribution in [0.25, 0.3) is 98.7 Å². The van der Waals surface area contributed by atoms with Gasteiger partial charge in [-0.1, -0.05) is 196 Å². The van der Waals surface area contributed by atoms with E-state index in [4.69, 9.17) is 0 Å². The quantitative estimate of drug-likeness (QED) is 0.161. The molecule has 0 unspecified atom stereocenters. The Morgan fingerprint density at radius 2 is 0.745 bits per heavy atom.